The number of methoxy groups -OCH3 is 1. The van der Waals surface area contributed by atoms with Gasteiger partial charge in [0.25, 0.3) is 0 Å². The third-order valence-corrected chi connectivity index (χ3v) is 3.85. The van der Waals surface area contributed by atoms with Gasteiger partial charge in [-0.05, 0) is 53.9 Å². The molecule has 0 spiro atoms. The summed E-state index contributed by atoms with van der Waals surface area (Å²) in [6.45, 7) is 0. The van der Waals surface area contributed by atoms with Gasteiger partial charge in [-0.2, -0.15) is 0 Å². The molecule has 2 aromatic carbocycles. The SMILES string of the molecule is COc1ccc(Cl)cc1CC(NN)c1cc(F)cc(Br)c1. The first-order chi connectivity index (χ1) is 10.0. The molecule has 6 heteroatoms. The molecule has 0 aliphatic carbocycles. The Hall–Kier alpha value is -1.14. The maximum Gasteiger partial charge on any atom is 0.124 e. The Morgan fingerprint density at radius 1 is 1.33 bits per heavy atom. The summed E-state index contributed by atoms with van der Waals surface area (Å²) in [5, 5.41) is 0.613. The molecule has 0 saturated heterocycles. The van der Waals surface area contributed by atoms with Gasteiger partial charge in [-0.15, -0.1) is 0 Å². The van der Waals surface area contributed by atoms with E-state index >= 15 is 0 Å². The standard InChI is InChI=1S/C15H15BrClFN2O/c1-21-15-3-2-12(17)5-10(15)7-14(20-19)9-4-11(16)8-13(18)6-9/h2-6,8,14,20H,7,19H2,1H3. The highest BCUT2D eigenvalue weighted by molar-refractivity contribution is 9.10. The number of halogens is 3. The zero-order valence-electron chi connectivity index (χ0n) is 11.4. The van der Waals surface area contributed by atoms with Crippen molar-refractivity contribution in [1.29, 1.82) is 0 Å². The lowest BCUT2D eigenvalue weighted by atomic mass is 9.98. The summed E-state index contributed by atoms with van der Waals surface area (Å²) in [6, 6.07) is 9.79. The molecule has 0 bridgehead atoms. The van der Waals surface area contributed by atoms with Crippen molar-refractivity contribution in [2.24, 2.45) is 5.84 Å². The van der Waals surface area contributed by atoms with Crippen LogP contribution in [0.25, 0.3) is 0 Å². The quantitative estimate of drug-likeness (QED) is 0.615. The number of ether oxygens (including phenoxy) is 1. The molecule has 1 atom stereocenters. The number of nitrogens with one attached hydrogen (secondary N) is 1. The van der Waals surface area contributed by atoms with Crippen LogP contribution < -0.4 is 16.0 Å². The Bertz CT molecular complexity index is 619. The second-order valence-corrected chi connectivity index (χ2v) is 5.93. The minimum absolute atomic E-state index is 0.260. The summed E-state index contributed by atoms with van der Waals surface area (Å²) in [7, 11) is 1.59. The molecule has 21 heavy (non-hydrogen) atoms. The predicted octanol–water partition coefficient (Wildman–Crippen LogP) is 4.00. The van der Waals surface area contributed by atoms with Gasteiger partial charge >= 0.3 is 0 Å². The Balaban J connectivity index is 2.32. The first kappa shape index (κ1) is 16.2. The molecule has 0 fully saturated rings. The predicted molar refractivity (Wildman–Crippen MR) is 85.9 cm³/mol. The second-order valence-electron chi connectivity index (χ2n) is 4.58. The molecule has 0 amide bonds. The monoisotopic (exact) mass is 372 g/mol. The maximum atomic E-state index is 13.5. The van der Waals surface area contributed by atoms with E-state index in [4.69, 9.17) is 22.2 Å². The van der Waals surface area contributed by atoms with Crippen LogP contribution in [0.1, 0.15) is 17.2 Å². The van der Waals surface area contributed by atoms with Crippen LogP contribution >= 0.6 is 27.5 Å². The summed E-state index contributed by atoms with van der Waals surface area (Å²) in [5.74, 6) is 6.02. The Labute approximate surface area is 136 Å². The summed E-state index contributed by atoms with van der Waals surface area (Å²) in [4.78, 5) is 0. The van der Waals surface area contributed by atoms with Gasteiger partial charge in [-0.3, -0.25) is 11.3 Å². The smallest absolute Gasteiger partial charge is 0.124 e. The van der Waals surface area contributed by atoms with Crippen molar-refractivity contribution in [2.75, 3.05) is 7.11 Å². The molecule has 0 aromatic heterocycles. The van der Waals surface area contributed by atoms with E-state index in [9.17, 15) is 4.39 Å². The Morgan fingerprint density at radius 3 is 2.71 bits per heavy atom. The van der Waals surface area contributed by atoms with Crippen molar-refractivity contribution < 1.29 is 9.13 Å². The molecule has 1 unspecified atom stereocenters. The summed E-state index contributed by atoms with van der Waals surface area (Å²) >= 11 is 9.30. The van der Waals surface area contributed by atoms with Crippen LogP contribution in [0.3, 0.4) is 0 Å². The molecule has 112 valence electrons. The first-order valence-corrected chi connectivity index (χ1v) is 7.45. The molecule has 0 aliphatic rings. The molecule has 2 aromatic rings. The minimum Gasteiger partial charge on any atom is -0.496 e. The largest absolute Gasteiger partial charge is 0.496 e. The normalized spacial score (nSPS) is 12.2. The van der Waals surface area contributed by atoms with E-state index < -0.39 is 0 Å². The van der Waals surface area contributed by atoms with Gasteiger partial charge in [-0.25, -0.2) is 4.39 Å². The van der Waals surface area contributed by atoms with Crippen LogP contribution in [-0.4, -0.2) is 7.11 Å². The van der Waals surface area contributed by atoms with Gasteiger partial charge in [0, 0.05) is 9.50 Å². The molecule has 3 N–H and O–H groups in total. The molecule has 3 nitrogen and oxygen atoms in total. The molecule has 0 aliphatic heterocycles. The van der Waals surface area contributed by atoms with Crippen molar-refractivity contribution in [1.82, 2.24) is 5.43 Å². The first-order valence-electron chi connectivity index (χ1n) is 6.28. The van der Waals surface area contributed by atoms with Gasteiger partial charge in [0.15, 0.2) is 0 Å². The van der Waals surface area contributed by atoms with Crippen LogP contribution in [0.4, 0.5) is 4.39 Å². The molecular formula is C15H15BrClFN2O. The minimum atomic E-state index is -0.322. The lowest BCUT2D eigenvalue weighted by Gasteiger charge is -2.18. The lowest BCUT2D eigenvalue weighted by Crippen LogP contribution is -2.29. The summed E-state index contributed by atoms with van der Waals surface area (Å²) in [6.07, 6.45) is 0.524. The maximum absolute atomic E-state index is 13.5. The van der Waals surface area contributed by atoms with Gasteiger partial charge < -0.3 is 4.74 Å². The third-order valence-electron chi connectivity index (χ3n) is 3.15. The van der Waals surface area contributed by atoms with Crippen LogP contribution in [-0.2, 0) is 6.42 Å². The topological polar surface area (TPSA) is 47.3 Å². The lowest BCUT2D eigenvalue weighted by molar-refractivity contribution is 0.405. The van der Waals surface area contributed by atoms with Crippen LogP contribution in [0, 0.1) is 5.82 Å². The number of nitrogens with two attached hydrogens (primary N) is 1. The average Bonchev–Trinajstić information content (AvgIpc) is 2.43. The second kappa shape index (κ2) is 7.22. The number of hydrogen-bond acceptors (Lipinski definition) is 3. The van der Waals surface area contributed by atoms with E-state index in [1.807, 2.05) is 12.1 Å². The van der Waals surface area contributed by atoms with Crippen molar-refractivity contribution in [2.45, 2.75) is 12.5 Å². The van der Waals surface area contributed by atoms with Gasteiger partial charge in [0.1, 0.15) is 11.6 Å². The van der Waals surface area contributed by atoms with Crippen molar-refractivity contribution in [3.63, 3.8) is 0 Å². The molecular weight excluding hydrogens is 359 g/mol. The van der Waals surface area contributed by atoms with Crippen LogP contribution in [0.2, 0.25) is 5.02 Å². The zero-order valence-corrected chi connectivity index (χ0v) is 13.7. The number of hydrogen-bond donors (Lipinski definition) is 2. The highest BCUT2D eigenvalue weighted by Gasteiger charge is 2.15. The third kappa shape index (κ3) is 4.17. The van der Waals surface area contributed by atoms with Gasteiger partial charge in [-0.1, -0.05) is 27.5 Å². The van der Waals surface area contributed by atoms with Gasteiger partial charge in [0.2, 0.25) is 0 Å². The average molecular weight is 374 g/mol. The molecule has 2 rings (SSSR count). The number of hydrazine groups is 1. The molecule has 0 radical (unpaired) electrons. The number of benzene rings is 2. The fourth-order valence-corrected chi connectivity index (χ4v) is 2.85. The van der Waals surface area contributed by atoms with E-state index in [1.165, 1.54) is 12.1 Å². The highest BCUT2D eigenvalue weighted by Crippen LogP contribution is 2.29. The Kier molecular flexibility index (Phi) is 5.58. The van der Waals surface area contributed by atoms with Crippen LogP contribution in [0.15, 0.2) is 40.9 Å². The van der Waals surface area contributed by atoms with Crippen molar-refractivity contribution in [3.05, 3.63) is 62.8 Å². The summed E-state index contributed by atoms with van der Waals surface area (Å²) in [5.41, 5.74) is 4.34. The highest BCUT2D eigenvalue weighted by atomic mass is 79.9. The fraction of sp³-hybridized carbons (Fsp3) is 0.200. The number of rotatable bonds is 5. The van der Waals surface area contributed by atoms with Crippen molar-refractivity contribution >= 4 is 27.5 Å². The summed E-state index contributed by atoms with van der Waals surface area (Å²) < 4.78 is 19.5. The van der Waals surface area contributed by atoms with E-state index in [0.29, 0.717) is 15.9 Å². The van der Waals surface area contributed by atoms with E-state index in [-0.39, 0.29) is 11.9 Å². The Morgan fingerprint density at radius 2 is 2.10 bits per heavy atom. The molecule has 0 heterocycles. The fourth-order valence-electron chi connectivity index (χ4n) is 2.18. The zero-order chi connectivity index (χ0) is 15.4. The van der Waals surface area contributed by atoms with E-state index in [2.05, 4.69) is 21.4 Å². The van der Waals surface area contributed by atoms with Gasteiger partial charge in [0.05, 0.1) is 13.2 Å². The van der Waals surface area contributed by atoms with Crippen molar-refractivity contribution in [3.8, 4) is 5.75 Å². The van der Waals surface area contributed by atoms with E-state index in [0.717, 1.165) is 16.9 Å². The van der Waals surface area contributed by atoms with E-state index in [1.54, 1.807) is 19.2 Å². The molecule has 0 saturated carbocycles. The van der Waals surface area contributed by atoms with Crippen LogP contribution in [0.5, 0.6) is 5.75 Å².